The van der Waals surface area contributed by atoms with Crippen molar-refractivity contribution in [3.63, 3.8) is 0 Å². The molecule has 1 N–H and O–H groups in total. The number of aliphatic hydroxyl groups excluding tert-OH is 1. The van der Waals surface area contributed by atoms with Crippen LogP contribution < -0.4 is 0 Å². The lowest BCUT2D eigenvalue weighted by atomic mass is 10.0. The number of hydrogen-bond acceptors (Lipinski definition) is 4. The molecule has 2 rings (SSSR count). The largest absolute Gasteiger partial charge is 0.395 e. The molecule has 5 heteroatoms. The highest BCUT2D eigenvalue weighted by molar-refractivity contribution is 4.93. The van der Waals surface area contributed by atoms with E-state index in [4.69, 9.17) is 0 Å². The van der Waals surface area contributed by atoms with Crippen LogP contribution in [0.25, 0.3) is 0 Å². The number of aliphatic hydroxyl groups is 1. The summed E-state index contributed by atoms with van der Waals surface area (Å²) in [6.07, 6.45) is 3.53. The van der Waals surface area contributed by atoms with Gasteiger partial charge in [-0.05, 0) is 26.3 Å². The predicted molar refractivity (Wildman–Crippen MR) is 60.9 cm³/mol. The first-order valence-electron chi connectivity index (χ1n) is 5.92. The van der Waals surface area contributed by atoms with Crippen LogP contribution in [0.5, 0.6) is 0 Å². The highest BCUT2D eigenvalue weighted by Crippen LogP contribution is 2.18. The van der Waals surface area contributed by atoms with Gasteiger partial charge in [0.15, 0.2) is 0 Å². The molecule has 5 nitrogen and oxygen atoms in total. The number of rotatable bonds is 3. The average Bonchev–Trinajstić information content (AvgIpc) is 2.62. The first-order valence-corrected chi connectivity index (χ1v) is 5.92. The van der Waals surface area contributed by atoms with Gasteiger partial charge in [-0.25, -0.2) is 0 Å². The Morgan fingerprint density at radius 1 is 1.38 bits per heavy atom. The van der Waals surface area contributed by atoms with Crippen LogP contribution in [0.3, 0.4) is 0 Å². The lowest BCUT2D eigenvalue weighted by molar-refractivity contribution is 0.0811. The third kappa shape index (κ3) is 2.25. The minimum Gasteiger partial charge on any atom is -0.395 e. The second-order valence-electron chi connectivity index (χ2n) is 4.53. The van der Waals surface area contributed by atoms with E-state index in [9.17, 15) is 5.11 Å². The van der Waals surface area contributed by atoms with Gasteiger partial charge in [-0.15, -0.1) is 10.2 Å². The molecule has 0 bridgehead atoms. The molecule has 0 aliphatic carbocycles. The van der Waals surface area contributed by atoms with Gasteiger partial charge in [-0.2, -0.15) is 0 Å². The van der Waals surface area contributed by atoms with Gasteiger partial charge >= 0.3 is 0 Å². The molecule has 0 radical (unpaired) electrons. The number of aryl methyl sites for hydroxylation is 1. The molecule has 0 saturated carbocycles. The molecule has 1 aliphatic heterocycles. The average molecular weight is 224 g/mol. The van der Waals surface area contributed by atoms with E-state index in [1.807, 2.05) is 18.5 Å². The Morgan fingerprint density at radius 2 is 2.19 bits per heavy atom. The van der Waals surface area contributed by atoms with Crippen LogP contribution >= 0.6 is 0 Å². The van der Waals surface area contributed by atoms with Gasteiger partial charge in [0, 0.05) is 13.1 Å². The topological polar surface area (TPSA) is 54.2 Å². The quantitative estimate of drug-likeness (QED) is 0.811. The Kier molecular flexibility index (Phi) is 3.56. The fourth-order valence-corrected chi connectivity index (χ4v) is 2.25. The Hall–Kier alpha value is -0.940. The maximum Gasteiger partial charge on any atom is 0.146 e. The zero-order chi connectivity index (χ0) is 11.5. The second-order valence-corrected chi connectivity index (χ2v) is 4.53. The van der Waals surface area contributed by atoms with Crippen LogP contribution in [0.1, 0.15) is 30.9 Å². The molecule has 0 aromatic carbocycles. The standard InChI is InChI=1S/C11H20N4O/c1-9-12-13-11(14(9)2)7-15-6-4-3-5-10(15)8-16/h10,16H,3-8H2,1-2H3/t10-/m1/s1. The lowest BCUT2D eigenvalue weighted by Crippen LogP contribution is -2.41. The van der Waals surface area contributed by atoms with Gasteiger partial charge in [0.05, 0.1) is 13.2 Å². The normalized spacial score (nSPS) is 22.6. The van der Waals surface area contributed by atoms with E-state index in [-0.39, 0.29) is 6.61 Å². The van der Waals surface area contributed by atoms with Crippen molar-refractivity contribution < 1.29 is 5.11 Å². The molecular formula is C11H20N4O. The lowest BCUT2D eigenvalue weighted by Gasteiger charge is -2.33. The van der Waals surface area contributed by atoms with E-state index in [0.29, 0.717) is 6.04 Å². The Labute approximate surface area is 96.1 Å². The predicted octanol–water partition coefficient (Wildman–Crippen LogP) is 0.470. The van der Waals surface area contributed by atoms with Crippen LogP contribution in [0.4, 0.5) is 0 Å². The molecule has 1 aromatic rings. The second kappa shape index (κ2) is 4.93. The number of piperidine rings is 1. The summed E-state index contributed by atoms with van der Waals surface area (Å²) in [6, 6.07) is 0.297. The summed E-state index contributed by atoms with van der Waals surface area (Å²) in [4.78, 5) is 2.31. The summed E-state index contributed by atoms with van der Waals surface area (Å²) in [5, 5.41) is 17.6. The Bertz CT molecular complexity index is 350. The number of hydrogen-bond donors (Lipinski definition) is 1. The smallest absolute Gasteiger partial charge is 0.146 e. The van der Waals surface area contributed by atoms with Crippen molar-refractivity contribution in [3.05, 3.63) is 11.6 Å². The fourth-order valence-electron chi connectivity index (χ4n) is 2.25. The maximum absolute atomic E-state index is 9.33. The van der Waals surface area contributed by atoms with Crippen molar-refractivity contribution in [2.75, 3.05) is 13.2 Å². The molecule has 1 fully saturated rings. The minimum absolute atomic E-state index is 0.247. The van der Waals surface area contributed by atoms with Gasteiger partial charge in [0.2, 0.25) is 0 Å². The van der Waals surface area contributed by atoms with Gasteiger partial charge < -0.3 is 9.67 Å². The molecule has 1 atom stereocenters. The fraction of sp³-hybridized carbons (Fsp3) is 0.818. The van der Waals surface area contributed by atoms with E-state index in [1.54, 1.807) is 0 Å². The van der Waals surface area contributed by atoms with Crippen molar-refractivity contribution in [1.82, 2.24) is 19.7 Å². The summed E-state index contributed by atoms with van der Waals surface area (Å²) >= 11 is 0. The van der Waals surface area contributed by atoms with E-state index in [1.165, 1.54) is 12.8 Å². The monoisotopic (exact) mass is 224 g/mol. The van der Waals surface area contributed by atoms with Crippen molar-refractivity contribution in [3.8, 4) is 0 Å². The van der Waals surface area contributed by atoms with Crippen molar-refractivity contribution in [2.45, 2.75) is 38.8 Å². The summed E-state index contributed by atoms with van der Waals surface area (Å²) in [5.41, 5.74) is 0. The third-order valence-electron chi connectivity index (χ3n) is 3.49. The summed E-state index contributed by atoms with van der Waals surface area (Å²) in [5.74, 6) is 1.92. The Morgan fingerprint density at radius 3 is 2.81 bits per heavy atom. The van der Waals surface area contributed by atoms with Gasteiger partial charge in [-0.1, -0.05) is 6.42 Å². The molecule has 1 saturated heterocycles. The molecule has 0 spiro atoms. The van der Waals surface area contributed by atoms with Crippen LogP contribution in [0, 0.1) is 6.92 Å². The molecule has 16 heavy (non-hydrogen) atoms. The molecule has 0 unspecified atom stereocenters. The number of aromatic nitrogens is 3. The van der Waals surface area contributed by atoms with Crippen LogP contribution in [-0.2, 0) is 13.6 Å². The van der Waals surface area contributed by atoms with Gasteiger partial charge in [0.1, 0.15) is 11.6 Å². The molecule has 1 aliphatic rings. The van der Waals surface area contributed by atoms with Crippen molar-refractivity contribution >= 4 is 0 Å². The van der Waals surface area contributed by atoms with Crippen molar-refractivity contribution in [2.24, 2.45) is 7.05 Å². The SMILES string of the molecule is Cc1nnc(CN2CCCC[C@@H]2CO)n1C. The van der Waals surface area contributed by atoms with Crippen LogP contribution in [0.2, 0.25) is 0 Å². The van der Waals surface area contributed by atoms with E-state index >= 15 is 0 Å². The third-order valence-corrected chi connectivity index (χ3v) is 3.49. The molecule has 2 heterocycles. The zero-order valence-electron chi connectivity index (χ0n) is 10.1. The first-order chi connectivity index (χ1) is 7.72. The van der Waals surface area contributed by atoms with E-state index in [2.05, 4.69) is 15.1 Å². The van der Waals surface area contributed by atoms with Crippen LogP contribution in [-0.4, -0.2) is 44.0 Å². The summed E-state index contributed by atoms with van der Waals surface area (Å²) < 4.78 is 2.02. The molecule has 90 valence electrons. The molecular weight excluding hydrogens is 204 g/mol. The van der Waals surface area contributed by atoms with Crippen LogP contribution in [0.15, 0.2) is 0 Å². The highest BCUT2D eigenvalue weighted by Gasteiger charge is 2.23. The van der Waals surface area contributed by atoms with Crippen molar-refractivity contribution in [1.29, 1.82) is 0 Å². The van der Waals surface area contributed by atoms with E-state index in [0.717, 1.165) is 31.2 Å². The summed E-state index contributed by atoms with van der Waals surface area (Å²) in [7, 11) is 1.99. The van der Waals surface area contributed by atoms with Gasteiger partial charge in [0.25, 0.3) is 0 Å². The van der Waals surface area contributed by atoms with E-state index < -0.39 is 0 Å². The number of likely N-dealkylation sites (tertiary alicyclic amines) is 1. The first kappa shape index (κ1) is 11.5. The minimum atomic E-state index is 0.247. The Balaban J connectivity index is 2.05. The number of nitrogens with zero attached hydrogens (tertiary/aromatic N) is 4. The maximum atomic E-state index is 9.33. The summed E-state index contributed by atoms with van der Waals surface area (Å²) in [6.45, 7) is 4.05. The zero-order valence-corrected chi connectivity index (χ0v) is 10.1. The highest BCUT2D eigenvalue weighted by atomic mass is 16.3. The molecule has 0 amide bonds. The molecule has 1 aromatic heterocycles. The van der Waals surface area contributed by atoms with Gasteiger partial charge in [-0.3, -0.25) is 4.90 Å².